The number of para-hydroxylation sites is 1. The monoisotopic (exact) mass is 438 g/mol. The van der Waals surface area contributed by atoms with E-state index in [4.69, 9.17) is 9.72 Å². The van der Waals surface area contributed by atoms with Crippen LogP contribution in [0.4, 0.5) is 0 Å². The minimum Gasteiger partial charge on any atom is -0.458 e. The molecule has 0 fully saturated rings. The number of cyclic esters (lactones) is 1. The van der Waals surface area contributed by atoms with E-state index in [1.807, 2.05) is 36.4 Å². The third-order valence-electron chi connectivity index (χ3n) is 6.94. The first-order chi connectivity index (χ1) is 16.0. The Bertz CT molecular complexity index is 1510. The van der Waals surface area contributed by atoms with Crippen LogP contribution >= 0.6 is 0 Å². The van der Waals surface area contributed by atoms with Crippen LogP contribution in [0.2, 0.25) is 0 Å². The van der Waals surface area contributed by atoms with Crippen LogP contribution in [0.5, 0.6) is 0 Å². The van der Waals surface area contributed by atoms with Gasteiger partial charge in [-0.3, -0.25) is 4.79 Å². The average molecular weight is 438 g/mol. The second-order valence-corrected chi connectivity index (χ2v) is 8.70. The lowest BCUT2D eigenvalue weighted by Crippen LogP contribution is -2.44. The molecule has 1 unspecified atom stereocenters. The minimum absolute atomic E-state index is 0.124. The lowest BCUT2D eigenvalue weighted by atomic mass is 9.86. The van der Waals surface area contributed by atoms with Crippen LogP contribution < -0.4 is 5.56 Å². The highest BCUT2D eigenvalue weighted by molar-refractivity contribution is 5.89. The molecule has 0 radical (unpaired) electrons. The topological polar surface area (TPSA) is 81.4 Å². The Morgan fingerprint density at radius 2 is 1.82 bits per heavy atom. The molecule has 1 atom stereocenters. The van der Waals surface area contributed by atoms with Crippen LogP contribution in [0.3, 0.4) is 0 Å². The summed E-state index contributed by atoms with van der Waals surface area (Å²) in [6.07, 6.45) is 0.841. The average Bonchev–Trinajstić information content (AvgIpc) is 3.21. The molecule has 0 amide bonds. The highest BCUT2D eigenvalue weighted by atomic mass is 16.6. The molecule has 4 aromatic rings. The fraction of sp³-hybridized carbons (Fsp3) is 0.222. The normalized spacial score (nSPS) is 18.5. The van der Waals surface area contributed by atoms with Crippen LogP contribution in [0, 0.1) is 0 Å². The molecule has 6 nitrogen and oxygen atoms in total. The second-order valence-electron chi connectivity index (χ2n) is 8.70. The first-order valence-corrected chi connectivity index (χ1v) is 11.1. The fourth-order valence-electron chi connectivity index (χ4n) is 5.11. The van der Waals surface area contributed by atoms with Gasteiger partial charge in [-0.15, -0.1) is 0 Å². The summed E-state index contributed by atoms with van der Waals surface area (Å²) >= 11 is 0. The lowest BCUT2D eigenvalue weighted by Gasteiger charge is -2.31. The number of fused-ring (bicyclic) bond motifs is 5. The van der Waals surface area contributed by atoms with Crippen molar-refractivity contribution >= 4 is 16.9 Å². The number of hydrogen-bond donors (Lipinski definition) is 1. The number of aliphatic hydroxyl groups is 1. The number of aromatic nitrogens is 2. The zero-order valence-corrected chi connectivity index (χ0v) is 18.2. The van der Waals surface area contributed by atoms with Gasteiger partial charge in [0.2, 0.25) is 0 Å². The molecule has 164 valence electrons. The Hall–Kier alpha value is -3.77. The van der Waals surface area contributed by atoms with Gasteiger partial charge in [0, 0.05) is 16.5 Å². The number of nitrogens with zero attached hydrogens (tertiary/aromatic N) is 2. The maximum atomic E-state index is 13.5. The number of benzene rings is 2. The van der Waals surface area contributed by atoms with Gasteiger partial charge < -0.3 is 14.4 Å². The van der Waals surface area contributed by atoms with Crippen molar-refractivity contribution in [1.82, 2.24) is 9.55 Å². The number of hydrogen-bond acceptors (Lipinski definition) is 5. The smallest absolute Gasteiger partial charge is 0.343 e. The van der Waals surface area contributed by atoms with Crippen LogP contribution in [0.1, 0.15) is 41.2 Å². The van der Waals surface area contributed by atoms with E-state index in [9.17, 15) is 14.7 Å². The van der Waals surface area contributed by atoms with Crippen LogP contribution in [-0.4, -0.2) is 20.6 Å². The van der Waals surface area contributed by atoms with E-state index < -0.39 is 11.6 Å². The molecule has 0 saturated heterocycles. The molecule has 2 aromatic heterocycles. The van der Waals surface area contributed by atoms with Crippen LogP contribution in [0.15, 0.2) is 65.5 Å². The third kappa shape index (κ3) is 2.80. The van der Waals surface area contributed by atoms with Gasteiger partial charge in [-0.25, -0.2) is 9.78 Å². The first kappa shape index (κ1) is 19.9. The van der Waals surface area contributed by atoms with Gasteiger partial charge in [0.15, 0.2) is 5.60 Å². The van der Waals surface area contributed by atoms with Crippen molar-refractivity contribution in [1.29, 1.82) is 0 Å². The van der Waals surface area contributed by atoms with E-state index in [2.05, 4.69) is 18.2 Å². The second kappa shape index (κ2) is 7.12. The maximum Gasteiger partial charge on any atom is 0.343 e. The van der Waals surface area contributed by atoms with Gasteiger partial charge in [-0.2, -0.15) is 0 Å². The zero-order valence-electron chi connectivity index (χ0n) is 18.2. The summed E-state index contributed by atoms with van der Waals surface area (Å²) in [6.45, 7) is 1.98. The highest BCUT2D eigenvalue weighted by Gasteiger charge is 2.45. The van der Waals surface area contributed by atoms with E-state index in [-0.39, 0.29) is 18.6 Å². The molecule has 0 bridgehead atoms. The molecular weight excluding hydrogens is 416 g/mol. The molecule has 6 rings (SSSR count). The van der Waals surface area contributed by atoms with Gasteiger partial charge in [0.1, 0.15) is 6.61 Å². The summed E-state index contributed by atoms with van der Waals surface area (Å²) in [6, 6.07) is 20.0. The van der Waals surface area contributed by atoms with Crippen molar-refractivity contribution < 1.29 is 14.6 Å². The van der Waals surface area contributed by atoms with E-state index in [1.165, 1.54) is 5.56 Å². The van der Waals surface area contributed by atoms with E-state index in [0.717, 1.165) is 34.1 Å². The summed E-state index contributed by atoms with van der Waals surface area (Å²) in [5.74, 6) is -0.712. The minimum atomic E-state index is -1.82. The molecule has 1 N–H and O–H groups in total. The number of carbonyl (C=O) groups is 1. The van der Waals surface area contributed by atoms with Crippen molar-refractivity contribution in [3.63, 3.8) is 0 Å². The predicted molar refractivity (Wildman–Crippen MR) is 124 cm³/mol. The molecule has 4 heterocycles. The quantitative estimate of drug-likeness (QED) is 0.435. The molecule has 2 aliphatic rings. The van der Waals surface area contributed by atoms with Crippen LogP contribution in [-0.2, 0) is 34.7 Å². The number of carbonyl (C=O) groups excluding carboxylic acids is 1. The van der Waals surface area contributed by atoms with Gasteiger partial charge in [0.25, 0.3) is 5.56 Å². The van der Waals surface area contributed by atoms with Crippen molar-refractivity contribution in [3.05, 3.63) is 98.8 Å². The maximum absolute atomic E-state index is 13.5. The van der Waals surface area contributed by atoms with E-state index in [1.54, 1.807) is 17.6 Å². The largest absolute Gasteiger partial charge is 0.458 e. The van der Waals surface area contributed by atoms with E-state index in [0.29, 0.717) is 23.4 Å². The van der Waals surface area contributed by atoms with Crippen molar-refractivity contribution in [2.24, 2.45) is 0 Å². The van der Waals surface area contributed by atoms with Gasteiger partial charge >= 0.3 is 5.97 Å². The number of rotatable bonds is 3. The SMILES string of the molecule is CCC1(O)C(=O)OCc2c1cc1n(c2=O)Cc2c-1nc1ccccc1c2Cc1ccccc1. The number of ether oxygens (including phenoxy) is 1. The molecule has 0 saturated carbocycles. The summed E-state index contributed by atoms with van der Waals surface area (Å²) in [7, 11) is 0. The molecule has 33 heavy (non-hydrogen) atoms. The highest BCUT2D eigenvalue weighted by Crippen LogP contribution is 2.40. The Morgan fingerprint density at radius 1 is 1.06 bits per heavy atom. The molecule has 2 aromatic carbocycles. The van der Waals surface area contributed by atoms with Gasteiger partial charge in [-0.05, 0) is 36.1 Å². The Balaban J connectivity index is 1.62. The number of esters is 1. The lowest BCUT2D eigenvalue weighted by molar-refractivity contribution is -0.172. The van der Waals surface area contributed by atoms with Gasteiger partial charge in [0.05, 0.1) is 29.0 Å². The third-order valence-corrected chi connectivity index (χ3v) is 6.94. The summed E-state index contributed by atoms with van der Waals surface area (Å²) in [5.41, 5.74) is 4.15. The Labute approximate surface area is 190 Å². The Kier molecular flexibility index (Phi) is 4.29. The molecular formula is C27H22N2O4. The van der Waals surface area contributed by atoms with Crippen molar-refractivity contribution in [3.8, 4) is 11.4 Å². The predicted octanol–water partition coefficient (Wildman–Crippen LogP) is 3.67. The molecule has 6 heteroatoms. The standard InChI is InChI=1S/C27H22N2O4/c1-2-27(32)21-13-23-24-19(14-29(23)25(30)20(21)15-33-26(27)31)18(12-16-8-4-3-5-9-16)17-10-6-7-11-22(17)28-24/h3-11,13,32H,2,12,14-15H2,1H3. The summed E-state index contributed by atoms with van der Waals surface area (Å²) in [4.78, 5) is 30.8. The van der Waals surface area contributed by atoms with Crippen molar-refractivity contribution in [2.75, 3.05) is 0 Å². The Morgan fingerprint density at radius 3 is 2.61 bits per heavy atom. The van der Waals surface area contributed by atoms with Gasteiger partial charge in [-0.1, -0.05) is 55.5 Å². The molecule has 0 spiro atoms. The van der Waals surface area contributed by atoms with Crippen LogP contribution in [0.25, 0.3) is 22.3 Å². The number of pyridine rings is 2. The summed E-state index contributed by atoms with van der Waals surface area (Å²) in [5, 5.41) is 12.1. The van der Waals surface area contributed by atoms with E-state index >= 15 is 0 Å². The van der Waals surface area contributed by atoms with Crippen molar-refractivity contribution in [2.45, 2.75) is 38.5 Å². The summed E-state index contributed by atoms with van der Waals surface area (Å²) < 4.78 is 6.87. The molecule has 0 aliphatic carbocycles. The zero-order chi connectivity index (χ0) is 22.7. The molecule has 2 aliphatic heterocycles. The first-order valence-electron chi connectivity index (χ1n) is 11.1. The fourth-order valence-corrected chi connectivity index (χ4v) is 5.11.